The topological polar surface area (TPSA) is 68.3 Å². The summed E-state index contributed by atoms with van der Waals surface area (Å²) in [7, 11) is 6.52. The molecule has 0 aliphatic rings. The van der Waals surface area contributed by atoms with Crippen molar-refractivity contribution >= 4 is 26.7 Å². The van der Waals surface area contributed by atoms with E-state index in [4.69, 9.17) is 33.4 Å². The van der Waals surface area contributed by atoms with Gasteiger partial charge in [-0.1, -0.05) is 0 Å². The van der Waals surface area contributed by atoms with Crippen LogP contribution in [0.15, 0.2) is 34.8 Å². The van der Waals surface area contributed by atoms with Crippen molar-refractivity contribution in [3.63, 3.8) is 0 Å². The minimum absolute atomic E-state index is 0.406. The second kappa shape index (κ2) is 11.4. The van der Waals surface area contributed by atoms with Gasteiger partial charge in [-0.15, -0.1) is 0 Å². The lowest BCUT2D eigenvalue weighted by Crippen LogP contribution is -2.07. The number of ether oxygens (including phenoxy) is 6. The van der Waals surface area contributed by atoms with Crippen LogP contribution in [0.1, 0.15) is 5.69 Å². The molecule has 0 saturated heterocycles. The molecular weight excluding hydrogens is 478 g/mol. The van der Waals surface area contributed by atoms with Gasteiger partial charge < -0.3 is 28.4 Å². The van der Waals surface area contributed by atoms with Crippen LogP contribution in [0.3, 0.4) is 0 Å². The quantitative estimate of drug-likeness (QED) is 0.338. The summed E-state index contributed by atoms with van der Waals surface area (Å²) in [5, 5.41) is 1.93. The molecule has 0 bridgehead atoms. The molecule has 8 heteroatoms. The second-order valence-corrected chi connectivity index (χ2v) is 7.80. The molecule has 0 spiro atoms. The van der Waals surface area contributed by atoms with Crippen LogP contribution in [0.25, 0.3) is 22.0 Å². The first-order valence-corrected chi connectivity index (χ1v) is 10.9. The molecule has 0 N–H and O–H groups in total. The summed E-state index contributed by atoms with van der Waals surface area (Å²) < 4.78 is 33.9. The van der Waals surface area contributed by atoms with Crippen LogP contribution in [0.4, 0.5) is 0 Å². The van der Waals surface area contributed by atoms with E-state index in [0.29, 0.717) is 49.4 Å². The van der Waals surface area contributed by atoms with Crippen LogP contribution in [0.2, 0.25) is 0 Å². The highest BCUT2D eigenvalue weighted by molar-refractivity contribution is 9.10. The molecule has 0 unspecified atom stereocenters. The summed E-state index contributed by atoms with van der Waals surface area (Å²) in [4.78, 5) is 4.84. The lowest BCUT2D eigenvalue weighted by atomic mass is 10.0. The first-order valence-electron chi connectivity index (χ1n) is 10.1. The van der Waals surface area contributed by atoms with E-state index in [-0.39, 0.29) is 0 Å². The number of aryl methyl sites for hydroxylation is 1. The number of aromatic nitrogens is 1. The van der Waals surface area contributed by atoms with Gasteiger partial charge in [0.25, 0.3) is 0 Å². The third kappa shape index (κ3) is 5.43. The van der Waals surface area contributed by atoms with Crippen molar-refractivity contribution in [3.05, 3.63) is 40.5 Å². The minimum atomic E-state index is 0.406. The second-order valence-electron chi connectivity index (χ2n) is 7.01. The Kier molecular flexibility index (Phi) is 8.55. The van der Waals surface area contributed by atoms with Gasteiger partial charge in [-0.2, -0.15) is 0 Å². The predicted octanol–water partition coefficient (Wildman–Crippen LogP) is 5.04. The molecule has 0 saturated carbocycles. The summed E-state index contributed by atoms with van der Waals surface area (Å²) in [6, 6.07) is 9.80. The molecule has 172 valence electrons. The molecule has 0 aliphatic heterocycles. The van der Waals surface area contributed by atoms with Crippen molar-refractivity contribution in [2.75, 3.05) is 54.9 Å². The number of halogens is 1. The molecule has 3 rings (SSSR count). The summed E-state index contributed by atoms with van der Waals surface area (Å²) in [6.07, 6.45) is 0. The van der Waals surface area contributed by atoms with Crippen molar-refractivity contribution in [2.24, 2.45) is 0 Å². The van der Waals surface area contributed by atoms with Crippen LogP contribution in [0.5, 0.6) is 23.0 Å². The zero-order chi connectivity index (χ0) is 23.1. The van der Waals surface area contributed by atoms with E-state index in [1.54, 1.807) is 28.4 Å². The van der Waals surface area contributed by atoms with E-state index in [1.165, 1.54) is 0 Å². The van der Waals surface area contributed by atoms with Gasteiger partial charge in [0.1, 0.15) is 29.2 Å². The first-order chi connectivity index (χ1) is 15.5. The number of benzene rings is 2. The summed E-state index contributed by atoms with van der Waals surface area (Å²) in [5.41, 5.74) is 2.53. The maximum atomic E-state index is 5.95. The average Bonchev–Trinajstić information content (AvgIpc) is 2.79. The maximum absolute atomic E-state index is 5.95. The zero-order valence-corrected chi connectivity index (χ0v) is 20.6. The number of pyridine rings is 1. The van der Waals surface area contributed by atoms with Crippen molar-refractivity contribution in [3.8, 4) is 34.3 Å². The third-order valence-corrected chi connectivity index (χ3v) is 5.61. The van der Waals surface area contributed by atoms with E-state index in [1.807, 2.05) is 37.3 Å². The van der Waals surface area contributed by atoms with Gasteiger partial charge in [0.05, 0.1) is 33.1 Å². The number of nitrogens with zero attached hydrogens (tertiary/aromatic N) is 1. The van der Waals surface area contributed by atoms with Crippen molar-refractivity contribution in [1.29, 1.82) is 0 Å². The van der Waals surface area contributed by atoms with Crippen LogP contribution in [0, 0.1) is 6.92 Å². The summed E-state index contributed by atoms with van der Waals surface area (Å²) in [6.45, 7) is 3.72. The predicted molar refractivity (Wildman–Crippen MR) is 127 cm³/mol. The van der Waals surface area contributed by atoms with Gasteiger partial charge in [0.15, 0.2) is 11.5 Å². The fraction of sp³-hybridized carbons (Fsp3) is 0.375. The Hall–Kier alpha value is -2.55. The minimum Gasteiger partial charge on any atom is -0.493 e. The van der Waals surface area contributed by atoms with Gasteiger partial charge in [-0.05, 0) is 58.6 Å². The highest BCUT2D eigenvalue weighted by Crippen LogP contribution is 2.42. The van der Waals surface area contributed by atoms with Gasteiger partial charge in [0, 0.05) is 30.9 Å². The van der Waals surface area contributed by atoms with Crippen LogP contribution >= 0.6 is 15.9 Å². The SMILES string of the molecule is COCCOc1cc(-c2nc(C)cc3cc(OC)c(OC)cc23)cc(OCCOC)c1Br. The number of hydrogen-bond acceptors (Lipinski definition) is 7. The summed E-state index contributed by atoms with van der Waals surface area (Å²) >= 11 is 3.61. The Balaban J connectivity index is 2.17. The fourth-order valence-corrected chi connectivity index (χ4v) is 3.78. The molecule has 0 radical (unpaired) electrons. The molecule has 0 atom stereocenters. The molecule has 7 nitrogen and oxygen atoms in total. The maximum Gasteiger partial charge on any atom is 0.161 e. The Bertz CT molecular complexity index is 1040. The third-order valence-electron chi connectivity index (χ3n) is 4.83. The molecule has 0 amide bonds. The number of rotatable bonds is 11. The van der Waals surface area contributed by atoms with E-state index in [9.17, 15) is 0 Å². The van der Waals surface area contributed by atoms with E-state index < -0.39 is 0 Å². The van der Waals surface area contributed by atoms with Crippen molar-refractivity contribution in [1.82, 2.24) is 4.98 Å². The molecule has 32 heavy (non-hydrogen) atoms. The van der Waals surface area contributed by atoms with Gasteiger partial charge in [0.2, 0.25) is 0 Å². The number of hydrogen-bond donors (Lipinski definition) is 0. The van der Waals surface area contributed by atoms with Gasteiger partial charge in [-0.3, -0.25) is 4.98 Å². The molecule has 0 fully saturated rings. The van der Waals surface area contributed by atoms with Gasteiger partial charge >= 0.3 is 0 Å². The van der Waals surface area contributed by atoms with Crippen molar-refractivity contribution in [2.45, 2.75) is 6.92 Å². The number of methoxy groups -OCH3 is 4. The normalized spacial score (nSPS) is 10.9. The highest BCUT2D eigenvalue weighted by atomic mass is 79.9. The average molecular weight is 506 g/mol. The van der Waals surface area contributed by atoms with Crippen LogP contribution < -0.4 is 18.9 Å². The largest absolute Gasteiger partial charge is 0.493 e. The lowest BCUT2D eigenvalue weighted by Gasteiger charge is -2.17. The molecule has 3 aromatic rings. The first kappa shape index (κ1) is 24.1. The molecule has 2 aromatic carbocycles. The van der Waals surface area contributed by atoms with Gasteiger partial charge in [-0.25, -0.2) is 0 Å². The Morgan fingerprint density at radius 1 is 0.719 bits per heavy atom. The Morgan fingerprint density at radius 2 is 1.28 bits per heavy atom. The standard InChI is InChI=1S/C24H28BrNO6/c1-15-10-16-11-19(29-4)20(30-5)14-18(16)24(26-15)17-12-21(31-8-6-27-2)23(25)22(13-17)32-9-7-28-3/h10-14H,6-9H2,1-5H3. The highest BCUT2D eigenvalue weighted by Gasteiger charge is 2.17. The van der Waals surface area contributed by atoms with E-state index in [0.717, 1.165) is 32.2 Å². The Labute approximate surface area is 196 Å². The monoisotopic (exact) mass is 505 g/mol. The molecule has 0 aliphatic carbocycles. The molecular formula is C24H28BrNO6. The molecule has 1 aromatic heterocycles. The van der Waals surface area contributed by atoms with E-state index >= 15 is 0 Å². The van der Waals surface area contributed by atoms with Crippen molar-refractivity contribution < 1.29 is 28.4 Å². The Morgan fingerprint density at radius 3 is 1.81 bits per heavy atom. The zero-order valence-electron chi connectivity index (χ0n) is 19.0. The number of fused-ring (bicyclic) bond motifs is 1. The summed E-state index contributed by atoms with van der Waals surface area (Å²) in [5.74, 6) is 2.59. The smallest absolute Gasteiger partial charge is 0.161 e. The molecule has 1 heterocycles. The van der Waals surface area contributed by atoms with E-state index in [2.05, 4.69) is 15.9 Å². The fourth-order valence-electron chi connectivity index (χ4n) is 3.32. The van der Waals surface area contributed by atoms with Crippen LogP contribution in [-0.4, -0.2) is 59.9 Å². The lowest BCUT2D eigenvalue weighted by molar-refractivity contribution is 0.141. The van der Waals surface area contributed by atoms with Crippen LogP contribution in [-0.2, 0) is 9.47 Å².